The molecular formula is C17H31N5O. The van der Waals surface area contributed by atoms with Crippen LogP contribution in [0.2, 0.25) is 0 Å². The molecule has 0 saturated carbocycles. The predicted molar refractivity (Wildman–Crippen MR) is 92.6 cm³/mol. The maximum Gasteiger partial charge on any atom is 0.241 e. The molecule has 3 fully saturated rings. The van der Waals surface area contributed by atoms with Crippen molar-refractivity contribution < 1.29 is 4.79 Å². The Kier molecular flexibility index (Phi) is 5.75. The standard InChI is InChI=1S/C17H31N5O/c1-18-17(19-13-16(23)21-10-5-6-11-21)22-12-7-15(14-22)20-8-3-2-4-9-20/h15H,2-14H2,1H3,(H,18,19). The molecule has 0 aromatic rings. The zero-order valence-electron chi connectivity index (χ0n) is 14.5. The monoisotopic (exact) mass is 321 g/mol. The molecule has 0 aromatic heterocycles. The minimum atomic E-state index is 0.204. The molecule has 3 rings (SSSR count). The number of guanidine groups is 1. The lowest BCUT2D eigenvalue weighted by Crippen LogP contribution is -2.47. The number of nitrogens with one attached hydrogen (secondary N) is 1. The van der Waals surface area contributed by atoms with Crippen LogP contribution >= 0.6 is 0 Å². The lowest BCUT2D eigenvalue weighted by molar-refractivity contribution is -0.128. The van der Waals surface area contributed by atoms with Crippen LogP contribution in [0, 0.1) is 0 Å². The number of nitrogens with zero attached hydrogens (tertiary/aromatic N) is 4. The van der Waals surface area contributed by atoms with Gasteiger partial charge >= 0.3 is 0 Å². The summed E-state index contributed by atoms with van der Waals surface area (Å²) in [7, 11) is 1.82. The fourth-order valence-electron chi connectivity index (χ4n) is 4.08. The Morgan fingerprint density at radius 3 is 2.39 bits per heavy atom. The SMILES string of the molecule is CN=C(NCC(=O)N1CCCC1)N1CCC(N2CCCCC2)C1. The van der Waals surface area contributed by atoms with E-state index in [1.165, 1.54) is 38.8 Å². The van der Waals surface area contributed by atoms with Crippen molar-refractivity contribution in [1.29, 1.82) is 0 Å². The number of rotatable bonds is 3. The topological polar surface area (TPSA) is 51.2 Å². The fraction of sp³-hybridized carbons (Fsp3) is 0.882. The van der Waals surface area contributed by atoms with Crippen molar-refractivity contribution >= 4 is 11.9 Å². The number of carbonyl (C=O) groups is 1. The van der Waals surface area contributed by atoms with Gasteiger partial charge in [0.15, 0.2) is 5.96 Å². The molecule has 0 aromatic carbocycles. The molecule has 130 valence electrons. The van der Waals surface area contributed by atoms with Crippen LogP contribution in [-0.2, 0) is 4.79 Å². The Hall–Kier alpha value is -1.30. The van der Waals surface area contributed by atoms with E-state index in [1.54, 1.807) is 0 Å². The number of likely N-dealkylation sites (tertiary alicyclic amines) is 3. The third-order valence-corrected chi connectivity index (χ3v) is 5.44. The Labute approximate surface area is 139 Å². The van der Waals surface area contributed by atoms with E-state index in [4.69, 9.17) is 0 Å². The average Bonchev–Trinajstić information content (AvgIpc) is 3.28. The van der Waals surface area contributed by atoms with Gasteiger partial charge in [0, 0.05) is 39.3 Å². The summed E-state index contributed by atoms with van der Waals surface area (Å²) >= 11 is 0. The molecule has 3 heterocycles. The van der Waals surface area contributed by atoms with Crippen LogP contribution in [-0.4, -0.2) is 85.5 Å². The van der Waals surface area contributed by atoms with Crippen LogP contribution in [0.3, 0.4) is 0 Å². The summed E-state index contributed by atoms with van der Waals surface area (Å²) < 4.78 is 0. The van der Waals surface area contributed by atoms with Crippen molar-refractivity contribution in [3.63, 3.8) is 0 Å². The van der Waals surface area contributed by atoms with Gasteiger partial charge < -0.3 is 15.1 Å². The molecule has 23 heavy (non-hydrogen) atoms. The number of amides is 1. The van der Waals surface area contributed by atoms with E-state index in [2.05, 4.69) is 20.1 Å². The smallest absolute Gasteiger partial charge is 0.241 e. The first kappa shape index (κ1) is 16.6. The van der Waals surface area contributed by atoms with Crippen LogP contribution in [0.1, 0.15) is 38.5 Å². The van der Waals surface area contributed by atoms with E-state index >= 15 is 0 Å². The summed E-state index contributed by atoms with van der Waals surface area (Å²) in [6.45, 7) is 6.78. The summed E-state index contributed by atoms with van der Waals surface area (Å²) in [6.07, 6.45) is 7.56. The van der Waals surface area contributed by atoms with Gasteiger partial charge in [0.25, 0.3) is 0 Å². The highest BCUT2D eigenvalue weighted by Crippen LogP contribution is 2.20. The Bertz CT molecular complexity index is 427. The van der Waals surface area contributed by atoms with E-state index in [1.807, 2.05) is 11.9 Å². The summed E-state index contributed by atoms with van der Waals surface area (Å²) in [5.41, 5.74) is 0. The first-order chi connectivity index (χ1) is 11.3. The van der Waals surface area contributed by atoms with E-state index in [-0.39, 0.29) is 5.91 Å². The Morgan fingerprint density at radius 2 is 1.70 bits per heavy atom. The van der Waals surface area contributed by atoms with Gasteiger partial charge in [-0.3, -0.25) is 14.7 Å². The fourth-order valence-corrected chi connectivity index (χ4v) is 4.08. The summed E-state index contributed by atoms with van der Waals surface area (Å²) in [4.78, 5) is 23.5. The molecule has 1 N–H and O–H groups in total. The minimum Gasteiger partial charge on any atom is -0.347 e. The molecule has 1 unspecified atom stereocenters. The number of hydrogen-bond donors (Lipinski definition) is 1. The molecule has 6 heteroatoms. The molecule has 3 aliphatic heterocycles. The molecule has 0 spiro atoms. The lowest BCUT2D eigenvalue weighted by atomic mass is 10.1. The van der Waals surface area contributed by atoms with E-state index in [9.17, 15) is 4.79 Å². The highest BCUT2D eigenvalue weighted by atomic mass is 16.2. The second-order valence-corrected chi connectivity index (χ2v) is 6.97. The summed E-state index contributed by atoms with van der Waals surface area (Å²) in [5, 5.41) is 3.28. The number of carbonyl (C=O) groups excluding carboxylic acids is 1. The summed E-state index contributed by atoms with van der Waals surface area (Å²) in [6, 6.07) is 0.656. The number of aliphatic imine (C=N–C) groups is 1. The molecule has 3 saturated heterocycles. The maximum absolute atomic E-state index is 12.2. The molecular weight excluding hydrogens is 290 g/mol. The predicted octanol–water partition coefficient (Wildman–Crippen LogP) is 0.744. The first-order valence-electron chi connectivity index (χ1n) is 9.25. The van der Waals surface area contributed by atoms with Crippen molar-refractivity contribution in [3.05, 3.63) is 0 Å². The van der Waals surface area contributed by atoms with Crippen LogP contribution in [0.5, 0.6) is 0 Å². The van der Waals surface area contributed by atoms with Crippen LogP contribution < -0.4 is 5.32 Å². The number of piperidine rings is 1. The Balaban J connectivity index is 1.46. The van der Waals surface area contributed by atoms with Crippen molar-refractivity contribution in [2.75, 3.05) is 52.9 Å². The van der Waals surface area contributed by atoms with Gasteiger partial charge in [-0.2, -0.15) is 0 Å². The first-order valence-corrected chi connectivity index (χ1v) is 9.25. The second-order valence-electron chi connectivity index (χ2n) is 6.97. The van der Waals surface area contributed by atoms with Crippen LogP contribution in [0.25, 0.3) is 0 Å². The van der Waals surface area contributed by atoms with Gasteiger partial charge in [-0.25, -0.2) is 0 Å². The third kappa shape index (κ3) is 4.16. The van der Waals surface area contributed by atoms with E-state index in [0.29, 0.717) is 12.6 Å². The highest BCUT2D eigenvalue weighted by molar-refractivity contribution is 5.86. The van der Waals surface area contributed by atoms with Crippen molar-refractivity contribution in [2.45, 2.75) is 44.6 Å². The van der Waals surface area contributed by atoms with Crippen LogP contribution in [0.15, 0.2) is 4.99 Å². The van der Waals surface area contributed by atoms with Crippen molar-refractivity contribution in [3.8, 4) is 0 Å². The number of hydrogen-bond acceptors (Lipinski definition) is 3. The lowest BCUT2D eigenvalue weighted by Gasteiger charge is -2.32. The minimum absolute atomic E-state index is 0.204. The highest BCUT2D eigenvalue weighted by Gasteiger charge is 2.30. The third-order valence-electron chi connectivity index (χ3n) is 5.44. The molecule has 0 aliphatic carbocycles. The molecule has 3 aliphatic rings. The Morgan fingerprint density at radius 1 is 1.00 bits per heavy atom. The van der Waals surface area contributed by atoms with Crippen LogP contribution in [0.4, 0.5) is 0 Å². The van der Waals surface area contributed by atoms with Gasteiger partial charge in [-0.1, -0.05) is 6.42 Å². The summed E-state index contributed by atoms with van der Waals surface area (Å²) in [5.74, 6) is 1.09. The zero-order valence-corrected chi connectivity index (χ0v) is 14.5. The van der Waals surface area contributed by atoms with Gasteiger partial charge in [0.2, 0.25) is 5.91 Å². The van der Waals surface area contributed by atoms with Gasteiger partial charge in [0.1, 0.15) is 0 Å². The second kappa shape index (κ2) is 7.99. The molecule has 0 radical (unpaired) electrons. The zero-order chi connectivity index (χ0) is 16.1. The quantitative estimate of drug-likeness (QED) is 0.615. The molecule has 6 nitrogen and oxygen atoms in total. The van der Waals surface area contributed by atoms with E-state index in [0.717, 1.165) is 45.0 Å². The van der Waals surface area contributed by atoms with E-state index < -0.39 is 0 Å². The normalized spacial score (nSPS) is 26.8. The van der Waals surface area contributed by atoms with Crippen molar-refractivity contribution in [1.82, 2.24) is 20.0 Å². The van der Waals surface area contributed by atoms with Crippen molar-refractivity contribution in [2.24, 2.45) is 4.99 Å². The van der Waals surface area contributed by atoms with Gasteiger partial charge in [0.05, 0.1) is 6.54 Å². The average molecular weight is 321 g/mol. The molecule has 0 bridgehead atoms. The molecule has 1 atom stereocenters. The van der Waals surface area contributed by atoms with Gasteiger partial charge in [-0.15, -0.1) is 0 Å². The molecule has 1 amide bonds. The maximum atomic E-state index is 12.2. The van der Waals surface area contributed by atoms with Gasteiger partial charge in [-0.05, 0) is 45.2 Å². The largest absolute Gasteiger partial charge is 0.347 e.